The predicted octanol–water partition coefficient (Wildman–Crippen LogP) is 2.71. The standard InChI is InChI=1S/C22H28N4O2S/c1-3-20-23-18(15-29-20)14-24-8-10-25(11-9-24)22(28)17-12-21(27)26(13-17)19-6-4-16(2)5-7-19/h4-7,15,17H,3,8-14H2,1-2H3. The second-order valence-corrected chi connectivity index (χ2v) is 8.87. The maximum Gasteiger partial charge on any atom is 0.228 e. The SMILES string of the molecule is CCc1nc(CN2CCN(C(=O)C3CC(=O)N(c4ccc(C)cc4)C3)CC2)cs1. The normalized spacial score (nSPS) is 20.5. The van der Waals surface area contributed by atoms with Crippen LogP contribution >= 0.6 is 11.3 Å². The number of hydrogen-bond donors (Lipinski definition) is 0. The van der Waals surface area contributed by atoms with Crippen molar-refractivity contribution in [3.8, 4) is 0 Å². The first-order valence-electron chi connectivity index (χ1n) is 10.3. The molecule has 1 unspecified atom stereocenters. The number of rotatable bonds is 5. The van der Waals surface area contributed by atoms with Crippen LogP contribution in [0.1, 0.15) is 29.6 Å². The number of aromatic nitrogens is 1. The van der Waals surface area contributed by atoms with Gasteiger partial charge in [-0.3, -0.25) is 14.5 Å². The number of hydrogen-bond acceptors (Lipinski definition) is 5. The van der Waals surface area contributed by atoms with Crippen LogP contribution in [0.25, 0.3) is 0 Å². The minimum absolute atomic E-state index is 0.0427. The van der Waals surface area contributed by atoms with Crippen LogP contribution in [0.3, 0.4) is 0 Å². The first-order chi connectivity index (χ1) is 14.0. The molecular weight excluding hydrogens is 384 g/mol. The van der Waals surface area contributed by atoms with Crippen LogP contribution in [0.2, 0.25) is 0 Å². The molecule has 2 fully saturated rings. The molecule has 3 heterocycles. The van der Waals surface area contributed by atoms with E-state index < -0.39 is 0 Å². The number of aryl methyl sites for hydroxylation is 2. The first-order valence-corrected chi connectivity index (χ1v) is 11.2. The largest absolute Gasteiger partial charge is 0.340 e. The van der Waals surface area contributed by atoms with E-state index in [0.29, 0.717) is 13.0 Å². The molecule has 2 amide bonds. The van der Waals surface area contributed by atoms with Gasteiger partial charge in [0.05, 0.1) is 16.6 Å². The van der Waals surface area contributed by atoms with E-state index in [-0.39, 0.29) is 17.7 Å². The molecular formula is C22H28N4O2S. The Labute approximate surface area is 176 Å². The lowest BCUT2D eigenvalue weighted by Gasteiger charge is -2.35. The number of nitrogens with zero attached hydrogens (tertiary/aromatic N) is 4. The highest BCUT2D eigenvalue weighted by Gasteiger charge is 2.37. The second kappa shape index (κ2) is 8.63. The van der Waals surface area contributed by atoms with Gasteiger partial charge < -0.3 is 9.80 Å². The fourth-order valence-electron chi connectivity index (χ4n) is 4.04. The van der Waals surface area contributed by atoms with Crippen molar-refractivity contribution in [2.75, 3.05) is 37.6 Å². The van der Waals surface area contributed by atoms with Crippen LogP contribution in [0, 0.1) is 12.8 Å². The van der Waals surface area contributed by atoms with Gasteiger partial charge in [-0.25, -0.2) is 4.98 Å². The number of piperazine rings is 1. The molecule has 2 aliphatic heterocycles. The molecule has 2 saturated heterocycles. The molecule has 29 heavy (non-hydrogen) atoms. The lowest BCUT2D eigenvalue weighted by Crippen LogP contribution is -2.50. The Hall–Kier alpha value is -2.25. The van der Waals surface area contributed by atoms with Gasteiger partial charge in [0.25, 0.3) is 0 Å². The molecule has 154 valence electrons. The molecule has 2 aromatic rings. The molecule has 1 atom stereocenters. The average molecular weight is 413 g/mol. The summed E-state index contributed by atoms with van der Waals surface area (Å²) in [5, 5.41) is 3.32. The zero-order valence-electron chi connectivity index (χ0n) is 17.1. The molecule has 0 N–H and O–H groups in total. The van der Waals surface area contributed by atoms with Crippen LogP contribution in [0.4, 0.5) is 5.69 Å². The molecule has 6 nitrogen and oxygen atoms in total. The van der Waals surface area contributed by atoms with Crippen LogP contribution < -0.4 is 4.90 Å². The number of anilines is 1. The number of benzene rings is 1. The lowest BCUT2D eigenvalue weighted by molar-refractivity contribution is -0.137. The van der Waals surface area contributed by atoms with Gasteiger partial charge in [-0.05, 0) is 25.5 Å². The summed E-state index contributed by atoms with van der Waals surface area (Å²) < 4.78 is 0. The Morgan fingerprint density at radius 2 is 1.90 bits per heavy atom. The molecule has 1 aromatic carbocycles. The second-order valence-electron chi connectivity index (χ2n) is 7.93. The van der Waals surface area contributed by atoms with Crippen molar-refractivity contribution >= 4 is 28.8 Å². The van der Waals surface area contributed by atoms with E-state index in [1.165, 1.54) is 5.01 Å². The van der Waals surface area contributed by atoms with E-state index in [4.69, 9.17) is 0 Å². The van der Waals surface area contributed by atoms with E-state index in [1.807, 2.05) is 36.1 Å². The molecule has 0 aliphatic carbocycles. The molecule has 2 aliphatic rings. The highest BCUT2D eigenvalue weighted by atomic mass is 32.1. The highest BCUT2D eigenvalue weighted by molar-refractivity contribution is 7.09. The zero-order chi connectivity index (χ0) is 20.4. The summed E-state index contributed by atoms with van der Waals surface area (Å²) in [7, 11) is 0. The molecule has 0 spiro atoms. The molecule has 0 saturated carbocycles. The number of carbonyl (C=O) groups excluding carboxylic acids is 2. The van der Waals surface area contributed by atoms with Crippen LogP contribution in [0.5, 0.6) is 0 Å². The number of carbonyl (C=O) groups is 2. The van der Waals surface area contributed by atoms with E-state index in [9.17, 15) is 9.59 Å². The van der Waals surface area contributed by atoms with Crippen molar-refractivity contribution in [2.45, 2.75) is 33.2 Å². The van der Waals surface area contributed by atoms with Crippen molar-refractivity contribution in [1.82, 2.24) is 14.8 Å². The van der Waals surface area contributed by atoms with Crippen molar-refractivity contribution < 1.29 is 9.59 Å². The van der Waals surface area contributed by atoms with Crippen molar-refractivity contribution in [3.05, 3.63) is 45.9 Å². The number of amides is 2. The minimum Gasteiger partial charge on any atom is -0.340 e. The summed E-state index contributed by atoms with van der Waals surface area (Å²) in [4.78, 5) is 36.2. The van der Waals surface area contributed by atoms with Gasteiger partial charge in [0.1, 0.15) is 0 Å². The monoisotopic (exact) mass is 412 g/mol. The maximum absolute atomic E-state index is 13.0. The third-order valence-electron chi connectivity index (χ3n) is 5.79. The average Bonchev–Trinajstić information content (AvgIpc) is 3.35. The van der Waals surface area contributed by atoms with Gasteiger partial charge in [-0.2, -0.15) is 0 Å². The Balaban J connectivity index is 1.30. The lowest BCUT2D eigenvalue weighted by atomic mass is 10.1. The van der Waals surface area contributed by atoms with E-state index in [0.717, 1.165) is 56.1 Å². The smallest absolute Gasteiger partial charge is 0.228 e. The third kappa shape index (κ3) is 4.51. The first kappa shape index (κ1) is 20.0. The summed E-state index contributed by atoms with van der Waals surface area (Å²) in [5.74, 6) is -0.0726. The number of thiazole rings is 1. The summed E-state index contributed by atoms with van der Waals surface area (Å²) in [6, 6.07) is 7.92. The van der Waals surface area contributed by atoms with E-state index >= 15 is 0 Å². The van der Waals surface area contributed by atoms with Crippen molar-refractivity contribution in [3.63, 3.8) is 0 Å². The van der Waals surface area contributed by atoms with Gasteiger partial charge in [-0.1, -0.05) is 24.6 Å². The fourth-order valence-corrected chi connectivity index (χ4v) is 4.78. The Morgan fingerprint density at radius 3 is 2.55 bits per heavy atom. The summed E-state index contributed by atoms with van der Waals surface area (Å²) in [5.41, 5.74) is 3.17. The molecule has 0 radical (unpaired) electrons. The Kier molecular flexibility index (Phi) is 5.96. The Bertz CT molecular complexity index is 871. The third-order valence-corrected chi connectivity index (χ3v) is 6.83. The molecule has 4 rings (SSSR count). The van der Waals surface area contributed by atoms with Gasteiger partial charge in [0, 0.05) is 56.8 Å². The summed E-state index contributed by atoms with van der Waals surface area (Å²) in [6.45, 7) is 8.64. The van der Waals surface area contributed by atoms with Crippen LogP contribution in [-0.4, -0.2) is 59.3 Å². The minimum atomic E-state index is -0.235. The van der Waals surface area contributed by atoms with Crippen molar-refractivity contribution in [1.29, 1.82) is 0 Å². The van der Waals surface area contributed by atoms with Crippen LogP contribution in [-0.2, 0) is 22.6 Å². The van der Waals surface area contributed by atoms with Gasteiger partial charge in [0.15, 0.2) is 0 Å². The Morgan fingerprint density at radius 1 is 1.17 bits per heavy atom. The highest BCUT2D eigenvalue weighted by Crippen LogP contribution is 2.27. The van der Waals surface area contributed by atoms with Gasteiger partial charge >= 0.3 is 0 Å². The van der Waals surface area contributed by atoms with E-state index in [2.05, 4.69) is 22.2 Å². The van der Waals surface area contributed by atoms with Gasteiger partial charge in [0.2, 0.25) is 11.8 Å². The maximum atomic E-state index is 13.0. The zero-order valence-corrected chi connectivity index (χ0v) is 18.0. The fraction of sp³-hybridized carbons (Fsp3) is 0.500. The molecule has 0 bridgehead atoms. The topological polar surface area (TPSA) is 56.8 Å². The molecule has 1 aromatic heterocycles. The van der Waals surface area contributed by atoms with Crippen LogP contribution in [0.15, 0.2) is 29.6 Å². The summed E-state index contributed by atoms with van der Waals surface area (Å²) in [6.07, 6.45) is 1.29. The van der Waals surface area contributed by atoms with Gasteiger partial charge in [-0.15, -0.1) is 11.3 Å². The van der Waals surface area contributed by atoms with E-state index in [1.54, 1.807) is 16.2 Å². The molecule has 7 heteroatoms. The quantitative estimate of drug-likeness (QED) is 0.758. The summed E-state index contributed by atoms with van der Waals surface area (Å²) >= 11 is 1.72. The predicted molar refractivity (Wildman–Crippen MR) is 115 cm³/mol. The van der Waals surface area contributed by atoms with Crippen molar-refractivity contribution in [2.24, 2.45) is 5.92 Å².